The Morgan fingerprint density at radius 1 is 1.45 bits per heavy atom. The zero-order chi connectivity index (χ0) is 14.5. The van der Waals surface area contributed by atoms with E-state index in [1.54, 1.807) is 18.2 Å². The maximum Gasteiger partial charge on any atom is 0.258 e. The average molecular weight is 274 g/mol. The minimum Gasteiger partial charge on any atom is -0.494 e. The summed E-state index contributed by atoms with van der Waals surface area (Å²) in [6, 6.07) is 6.99. The molecule has 0 spiro atoms. The number of ether oxygens (including phenoxy) is 1. The number of amides is 1. The normalized spacial score (nSPS) is 10.6. The molecule has 2 rings (SSSR count). The molecule has 2 N–H and O–H groups in total. The molecule has 0 unspecified atom stereocenters. The standard InChI is InChI=1S/C14H18N4O2/c1-4-20-11-7-5-6-10(8-11)13(19)16-14-15-12(9(2)3)17-18-14/h5-9H,4H2,1-3H3,(H2,15,16,17,18,19). The third-order valence-corrected chi connectivity index (χ3v) is 2.68. The number of carbonyl (C=O) groups is 1. The van der Waals surface area contributed by atoms with Gasteiger partial charge in [0.05, 0.1) is 6.61 Å². The van der Waals surface area contributed by atoms with E-state index in [9.17, 15) is 4.79 Å². The second-order valence-electron chi connectivity index (χ2n) is 4.61. The lowest BCUT2D eigenvalue weighted by Crippen LogP contribution is -2.13. The topological polar surface area (TPSA) is 79.9 Å². The Bertz CT molecular complexity index is 592. The summed E-state index contributed by atoms with van der Waals surface area (Å²) in [7, 11) is 0. The van der Waals surface area contributed by atoms with Crippen molar-refractivity contribution in [3.8, 4) is 5.75 Å². The molecule has 1 aromatic carbocycles. The van der Waals surface area contributed by atoms with Gasteiger partial charge in [-0.2, -0.15) is 4.98 Å². The van der Waals surface area contributed by atoms with Crippen molar-refractivity contribution in [3.63, 3.8) is 0 Å². The van der Waals surface area contributed by atoms with Crippen LogP contribution in [0.1, 0.15) is 42.9 Å². The molecule has 0 saturated carbocycles. The monoisotopic (exact) mass is 274 g/mol. The van der Waals surface area contributed by atoms with Gasteiger partial charge in [0.15, 0.2) is 0 Å². The zero-order valence-corrected chi connectivity index (χ0v) is 11.8. The Kier molecular flexibility index (Phi) is 4.34. The van der Waals surface area contributed by atoms with Gasteiger partial charge in [-0.05, 0) is 25.1 Å². The van der Waals surface area contributed by atoms with Crippen LogP contribution in [0.2, 0.25) is 0 Å². The Morgan fingerprint density at radius 3 is 2.90 bits per heavy atom. The third-order valence-electron chi connectivity index (χ3n) is 2.68. The summed E-state index contributed by atoms with van der Waals surface area (Å²) < 4.78 is 5.37. The van der Waals surface area contributed by atoms with E-state index in [-0.39, 0.29) is 17.8 Å². The lowest BCUT2D eigenvalue weighted by atomic mass is 10.2. The van der Waals surface area contributed by atoms with E-state index in [0.717, 1.165) is 5.82 Å². The van der Waals surface area contributed by atoms with Crippen molar-refractivity contribution in [1.82, 2.24) is 15.2 Å². The number of anilines is 1. The number of aromatic nitrogens is 3. The van der Waals surface area contributed by atoms with Crippen LogP contribution in [0.5, 0.6) is 5.75 Å². The number of carbonyl (C=O) groups excluding carboxylic acids is 1. The van der Waals surface area contributed by atoms with Gasteiger partial charge in [-0.15, -0.1) is 5.10 Å². The number of benzene rings is 1. The minimum absolute atomic E-state index is 0.231. The SMILES string of the molecule is CCOc1cccc(C(=O)Nc2n[nH]c(C(C)C)n2)c1. The molecule has 0 aliphatic heterocycles. The molecule has 6 nitrogen and oxygen atoms in total. The molecule has 0 bridgehead atoms. The highest BCUT2D eigenvalue weighted by molar-refractivity contribution is 6.03. The highest BCUT2D eigenvalue weighted by Gasteiger charge is 2.11. The van der Waals surface area contributed by atoms with Gasteiger partial charge in [0.2, 0.25) is 5.95 Å². The molecule has 2 aromatic rings. The van der Waals surface area contributed by atoms with Gasteiger partial charge in [-0.3, -0.25) is 15.2 Å². The van der Waals surface area contributed by atoms with Gasteiger partial charge in [0.25, 0.3) is 5.91 Å². The molecule has 0 saturated heterocycles. The minimum atomic E-state index is -0.263. The predicted molar refractivity (Wildman–Crippen MR) is 76.0 cm³/mol. The van der Waals surface area contributed by atoms with Crippen LogP contribution in [0, 0.1) is 0 Å². The van der Waals surface area contributed by atoms with Gasteiger partial charge >= 0.3 is 0 Å². The van der Waals surface area contributed by atoms with E-state index in [1.807, 2.05) is 26.8 Å². The number of hydrogen-bond acceptors (Lipinski definition) is 4. The van der Waals surface area contributed by atoms with Crippen molar-refractivity contribution in [1.29, 1.82) is 0 Å². The van der Waals surface area contributed by atoms with E-state index in [4.69, 9.17) is 4.74 Å². The van der Waals surface area contributed by atoms with Crippen LogP contribution in [0.15, 0.2) is 24.3 Å². The lowest BCUT2D eigenvalue weighted by Gasteiger charge is -2.05. The molecular weight excluding hydrogens is 256 g/mol. The molecule has 0 radical (unpaired) electrons. The van der Waals surface area contributed by atoms with Crippen molar-refractivity contribution in [2.75, 3.05) is 11.9 Å². The molecule has 1 aromatic heterocycles. The summed E-state index contributed by atoms with van der Waals surface area (Å²) in [5.74, 6) is 1.65. The summed E-state index contributed by atoms with van der Waals surface area (Å²) in [6.45, 7) is 6.45. The van der Waals surface area contributed by atoms with Gasteiger partial charge in [0.1, 0.15) is 11.6 Å². The number of H-pyrrole nitrogens is 1. The van der Waals surface area contributed by atoms with Crippen LogP contribution in [-0.4, -0.2) is 27.7 Å². The van der Waals surface area contributed by atoms with E-state index in [1.165, 1.54) is 0 Å². The molecule has 0 fully saturated rings. The van der Waals surface area contributed by atoms with E-state index in [0.29, 0.717) is 17.9 Å². The maximum atomic E-state index is 12.1. The molecule has 1 heterocycles. The number of nitrogens with one attached hydrogen (secondary N) is 2. The summed E-state index contributed by atoms with van der Waals surface area (Å²) in [6.07, 6.45) is 0. The van der Waals surface area contributed by atoms with E-state index < -0.39 is 0 Å². The first-order chi connectivity index (χ1) is 9.60. The van der Waals surface area contributed by atoms with Crippen LogP contribution in [-0.2, 0) is 0 Å². The van der Waals surface area contributed by atoms with Crippen LogP contribution < -0.4 is 10.1 Å². The summed E-state index contributed by atoms with van der Waals surface area (Å²) >= 11 is 0. The first kappa shape index (κ1) is 14.0. The third kappa shape index (κ3) is 3.34. The fourth-order valence-corrected chi connectivity index (χ4v) is 1.66. The van der Waals surface area contributed by atoms with Crippen LogP contribution in [0.3, 0.4) is 0 Å². The Morgan fingerprint density at radius 2 is 2.25 bits per heavy atom. The van der Waals surface area contributed by atoms with Crippen LogP contribution in [0.4, 0.5) is 5.95 Å². The van der Waals surface area contributed by atoms with Gasteiger partial charge in [0, 0.05) is 11.5 Å². The number of rotatable bonds is 5. The first-order valence-electron chi connectivity index (χ1n) is 6.56. The zero-order valence-electron chi connectivity index (χ0n) is 11.8. The maximum absolute atomic E-state index is 12.1. The quantitative estimate of drug-likeness (QED) is 0.878. The van der Waals surface area contributed by atoms with Crippen molar-refractivity contribution >= 4 is 11.9 Å². The molecule has 0 atom stereocenters. The molecule has 1 amide bonds. The molecule has 20 heavy (non-hydrogen) atoms. The Labute approximate surface area is 117 Å². The van der Waals surface area contributed by atoms with Crippen molar-refractivity contribution < 1.29 is 9.53 Å². The highest BCUT2D eigenvalue weighted by atomic mass is 16.5. The Hall–Kier alpha value is -2.37. The summed E-state index contributed by atoms with van der Waals surface area (Å²) in [5, 5.41) is 9.41. The number of hydrogen-bond donors (Lipinski definition) is 2. The molecule has 6 heteroatoms. The van der Waals surface area contributed by atoms with E-state index >= 15 is 0 Å². The van der Waals surface area contributed by atoms with Crippen LogP contribution in [0.25, 0.3) is 0 Å². The largest absolute Gasteiger partial charge is 0.494 e. The van der Waals surface area contributed by atoms with Gasteiger partial charge < -0.3 is 4.74 Å². The van der Waals surface area contributed by atoms with Crippen molar-refractivity contribution in [2.24, 2.45) is 0 Å². The number of aromatic amines is 1. The smallest absolute Gasteiger partial charge is 0.258 e. The summed E-state index contributed by atoms with van der Waals surface area (Å²) in [5.41, 5.74) is 0.506. The second-order valence-corrected chi connectivity index (χ2v) is 4.61. The number of nitrogens with zero attached hydrogens (tertiary/aromatic N) is 2. The van der Waals surface area contributed by atoms with Crippen LogP contribution >= 0.6 is 0 Å². The first-order valence-corrected chi connectivity index (χ1v) is 6.56. The molecule has 0 aliphatic carbocycles. The second kappa shape index (κ2) is 6.18. The molecule has 0 aliphatic rings. The Balaban J connectivity index is 2.09. The molecular formula is C14H18N4O2. The predicted octanol–water partition coefficient (Wildman–Crippen LogP) is 2.58. The van der Waals surface area contributed by atoms with Gasteiger partial charge in [-0.25, -0.2) is 0 Å². The average Bonchev–Trinajstić information content (AvgIpc) is 2.88. The fraction of sp³-hybridized carbons (Fsp3) is 0.357. The lowest BCUT2D eigenvalue weighted by molar-refractivity contribution is 0.102. The highest BCUT2D eigenvalue weighted by Crippen LogP contribution is 2.15. The van der Waals surface area contributed by atoms with Gasteiger partial charge in [-0.1, -0.05) is 19.9 Å². The summed E-state index contributed by atoms with van der Waals surface area (Å²) in [4.78, 5) is 16.3. The van der Waals surface area contributed by atoms with Crippen molar-refractivity contribution in [3.05, 3.63) is 35.7 Å². The molecule has 106 valence electrons. The van der Waals surface area contributed by atoms with Crippen molar-refractivity contribution in [2.45, 2.75) is 26.7 Å². The fourth-order valence-electron chi connectivity index (χ4n) is 1.66. The van der Waals surface area contributed by atoms with E-state index in [2.05, 4.69) is 20.5 Å².